The van der Waals surface area contributed by atoms with Crippen molar-refractivity contribution < 1.29 is 18.7 Å². The monoisotopic (exact) mass is 431 g/mol. The van der Waals surface area contributed by atoms with Crippen LogP contribution in [-0.4, -0.2) is 17.6 Å². The molecular formula is C27H29NO4. The van der Waals surface area contributed by atoms with E-state index in [1.54, 1.807) is 0 Å². The predicted molar refractivity (Wildman–Crippen MR) is 124 cm³/mol. The van der Waals surface area contributed by atoms with E-state index in [2.05, 4.69) is 17.6 Å². The van der Waals surface area contributed by atoms with Gasteiger partial charge in [-0.15, -0.1) is 0 Å². The molecule has 5 heteroatoms. The number of hydrogen-bond donors (Lipinski definition) is 0. The summed E-state index contributed by atoms with van der Waals surface area (Å²) in [7, 11) is 0. The molecule has 0 saturated heterocycles. The summed E-state index contributed by atoms with van der Waals surface area (Å²) in [6, 6.07) is 14.0. The van der Waals surface area contributed by atoms with Crippen molar-refractivity contribution in [2.24, 2.45) is 0 Å². The van der Waals surface area contributed by atoms with Crippen LogP contribution in [0.3, 0.4) is 0 Å². The molecule has 1 aromatic heterocycles. The lowest BCUT2D eigenvalue weighted by atomic mass is 10.1. The molecule has 1 atom stereocenters. The molecule has 0 spiro atoms. The zero-order valence-corrected chi connectivity index (χ0v) is 18.7. The van der Waals surface area contributed by atoms with Gasteiger partial charge in [0.15, 0.2) is 0 Å². The van der Waals surface area contributed by atoms with Crippen molar-refractivity contribution in [3.05, 3.63) is 77.2 Å². The molecule has 32 heavy (non-hydrogen) atoms. The molecule has 0 unspecified atom stereocenters. The number of aryl methyl sites for hydroxylation is 2. The topological polar surface area (TPSA) is 61.6 Å². The van der Waals surface area contributed by atoms with E-state index in [0.29, 0.717) is 25.3 Å². The van der Waals surface area contributed by atoms with Crippen LogP contribution in [0.25, 0.3) is 17.5 Å². The lowest BCUT2D eigenvalue weighted by Gasteiger charge is -2.14. The first-order chi connectivity index (χ1) is 15.6. The number of ether oxygens (including phenoxy) is 2. The minimum absolute atomic E-state index is 0.121. The lowest BCUT2D eigenvalue weighted by Crippen LogP contribution is -2.08. The molecule has 0 N–H and O–H groups in total. The number of carbonyl (C=O) groups excluding carboxylic acids is 1. The summed E-state index contributed by atoms with van der Waals surface area (Å²) < 4.78 is 17.5. The van der Waals surface area contributed by atoms with Gasteiger partial charge in [-0.25, -0.2) is 4.98 Å². The zero-order valence-electron chi connectivity index (χ0n) is 18.7. The second kappa shape index (κ2) is 9.86. The summed E-state index contributed by atoms with van der Waals surface area (Å²) in [6.45, 7) is 8.23. The third-order valence-corrected chi connectivity index (χ3v) is 5.73. The highest BCUT2D eigenvalue weighted by atomic mass is 16.5. The first-order valence-electron chi connectivity index (χ1n) is 11.2. The van der Waals surface area contributed by atoms with E-state index >= 15 is 0 Å². The van der Waals surface area contributed by atoms with E-state index in [4.69, 9.17) is 13.9 Å². The summed E-state index contributed by atoms with van der Waals surface area (Å²) >= 11 is 0. The van der Waals surface area contributed by atoms with Gasteiger partial charge in [0, 0.05) is 18.4 Å². The molecule has 1 aliphatic carbocycles. The minimum Gasteiger partial charge on any atom is -0.493 e. The molecule has 2 aromatic carbocycles. The number of benzene rings is 2. The summed E-state index contributed by atoms with van der Waals surface area (Å²) in [5.41, 5.74) is 5.15. The van der Waals surface area contributed by atoms with Gasteiger partial charge < -0.3 is 13.9 Å². The molecule has 3 aromatic rings. The zero-order chi connectivity index (χ0) is 22.5. The molecule has 4 rings (SSSR count). The number of oxazole rings is 1. The van der Waals surface area contributed by atoms with Crippen molar-refractivity contribution in [1.29, 1.82) is 0 Å². The standard InChI is InChI=1S/C27H29NO4/c1-4-7-26(29)32-25-13-10-20-17-22(11-12-23(20)25)30-15-14-24-18(3)31-27(28-24)21-9-6-8-19(5-2)16-21/h5-6,8-9,11-12,16-17,25H,2,4,7,10,13-15H2,1,3H3/t25-/m0/s1. The first kappa shape index (κ1) is 21.9. The maximum Gasteiger partial charge on any atom is 0.306 e. The molecule has 0 aliphatic heterocycles. The summed E-state index contributed by atoms with van der Waals surface area (Å²) in [5, 5.41) is 0. The Morgan fingerprint density at radius 2 is 2.16 bits per heavy atom. The summed E-state index contributed by atoms with van der Waals surface area (Å²) in [4.78, 5) is 16.5. The Labute approximate surface area is 189 Å². The van der Waals surface area contributed by atoms with Gasteiger partial charge in [-0.2, -0.15) is 0 Å². The lowest BCUT2D eigenvalue weighted by molar-refractivity contribution is -0.149. The maximum absolute atomic E-state index is 11.8. The van der Waals surface area contributed by atoms with E-state index in [9.17, 15) is 4.79 Å². The fourth-order valence-corrected chi connectivity index (χ4v) is 4.04. The van der Waals surface area contributed by atoms with Crippen molar-refractivity contribution in [2.45, 2.75) is 52.1 Å². The molecule has 0 bridgehead atoms. The minimum atomic E-state index is -0.131. The van der Waals surface area contributed by atoms with Crippen LogP contribution < -0.4 is 4.74 Å². The fourth-order valence-electron chi connectivity index (χ4n) is 4.04. The van der Waals surface area contributed by atoms with Crippen LogP contribution in [0.15, 0.2) is 53.5 Å². The normalized spacial score (nSPS) is 14.8. The second-order valence-electron chi connectivity index (χ2n) is 8.08. The van der Waals surface area contributed by atoms with Crippen molar-refractivity contribution in [3.63, 3.8) is 0 Å². The number of aromatic nitrogens is 1. The molecule has 0 amide bonds. The Kier molecular flexibility index (Phi) is 6.74. The smallest absolute Gasteiger partial charge is 0.306 e. The van der Waals surface area contributed by atoms with Gasteiger partial charge in [0.05, 0.1) is 12.3 Å². The number of hydrogen-bond acceptors (Lipinski definition) is 5. The first-order valence-corrected chi connectivity index (χ1v) is 11.2. The highest BCUT2D eigenvalue weighted by Gasteiger charge is 2.26. The number of carbonyl (C=O) groups is 1. The van der Waals surface area contributed by atoms with Gasteiger partial charge >= 0.3 is 5.97 Å². The van der Waals surface area contributed by atoms with Crippen LogP contribution in [-0.2, 0) is 22.4 Å². The fraction of sp³-hybridized carbons (Fsp3) is 0.333. The Morgan fingerprint density at radius 1 is 1.28 bits per heavy atom. The Bertz CT molecular complexity index is 1110. The van der Waals surface area contributed by atoms with Gasteiger partial charge in [-0.05, 0) is 67.1 Å². The molecule has 1 aliphatic rings. The summed E-state index contributed by atoms with van der Waals surface area (Å²) in [5.74, 6) is 2.12. The van der Waals surface area contributed by atoms with E-state index in [1.807, 2.05) is 56.3 Å². The van der Waals surface area contributed by atoms with Crippen LogP contribution >= 0.6 is 0 Å². The third kappa shape index (κ3) is 4.93. The molecular weight excluding hydrogens is 402 g/mol. The van der Waals surface area contributed by atoms with Crippen LogP contribution in [0.2, 0.25) is 0 Å². The van der Waals surface area contributed by atoms with E-state index < -0.39 is 0 Å². The van der Waals surface area contributed by atoms with Crippen molar-refractivity contribution in [1.82, 2.24) is 4.98 Å². The van der Waals surface area contributed by atoms with E-state index in [0.717, 1.165) is 53.2 Å². The Morgan fingerprint density at radius 3 is 2.97 bits per heavy atom. The third-order valence-electron chi connectivity index (χ3n) is 5.73. The number of fused-ring (bicyclic) bond motifs is 1. The second-order valence-corrected chi connectivity index (χ2v) is 8.08. The van der Waals surface area contributed by atoms with Crippen molar-refractivity contribution in [2.75, 3.05) is 6.61 Å². The average molecular weight is 432 g/mol. The van der Waals surface area contributed by atoms with E-state index in [-0.39, 0.29) is 12.1 Å². The molecule has 0 fully saturated rings. The Hall–Kier alpha value is -3.34. The van der Waals surface area contributed by atoms with Gasteiger partial charge in [0.2, 0.25) is 5.89 Å². The molecule has 0 radical (unpaired) electrons. The molecule has 0 saturated carbocycles. The maximum atomic E-state index is 11.8. The van der Waals surface area contributed by atoms with Gasteiger partial charge in [0.25, 0.3) is 0 Å². The summed E-state index contributed by atoms with van der Waals surface area (Å²) in [6.07, 6.45) is 5.34. The number of nitrogens with zero attached hydrogens (tertiary/aromatic N) is 1. The molecule has 166 valence electrons. The van der Waals surface area contributed by atoms with Crippen LogP contribution in [0.4, 0.5) is 0 Å². The van der Waals surface area contributed by atoms with Crippen molar-refractivity contribution in [3.8, 4) is 17.2 Å². The predicted octanol–water partition coefficient (Wildman–Crippen LogP) is 6.25. The van der Waals surface area contributed by atoms with Crippen LogP contribution in [0.1, 0.15) is 60.4 Å². The van der Waals surface area contributed by atoms with E-state index in [1.165, 1.54) is 5.56 Å². The molecule has 1 heterocycles. The van der Waals surface area contributed by atoms with Crippen molar-refractivity contribution >= 4 is 12.0 Å². The average Bonchev–Trinajstić information content (AvgIpc) is 3.37. The van der Waals surface area contributed by atoms with Gasteiger partial charge in [0.1, 0.15) is 17.6 Å². The van der Waals surface area contributed by atoms with Gasteiger partial charge in [-0.3, -0.25) is 4.79 Å². The van der Waals surface area contributed by atoms with Crippen LogP contribution in [0.5, 0.6) is 5.75 Å². The highest BCUT2D eigenvalue weighted by molar-refractivity contribution is 5.69. The SMILES string of the molecule is C=Cc1cccc(-c2nc(CCOc3ccc4c(c3)CC[C@@H]4OC(=O)CCC)c(C)o2)c1. The van der Waals surface area contributed by atoms with Crippen LogP contribution in [0, 0.1) is 6.92 Å². The quantitative estimate of drug-likeness (QED) is 0.375. The molecule has 5 nitrogen and oxygen atoms in total. The van der Waals surface area contributed by atoms with Gasteiger partial charge in [-0.1, -0.05) is 37.8 Å². The Balaban J connectivity index is 1.36. The largest absolute Gasteiger partial charge is 0.493 e. The number of rotatable bonds is 9. The number of esters is 1. The highest BCUT2D eigenvalue weighted by Crippen LogP contribution is 2.36.